The van der Waals surface area contributed by atoms with Gasteiger partial charge in [-0.15, -0.1) is 0 Å². The van der Waals surface area contributed by atoms with Crippen LogP contribution >= 0.6 is 0 Å². The van der Waals surface area contributed by atoms with Crippen LogP contribution in [0.1, 0.15) is 18.6 Å². The normalized spacial score (nSPS) is 19.6. The molecule has 0 bridgehead atoms. The van der Waals surface area contributed by atoms with E-state index in [-0.39, 0.29) is 11.4 Å². The van der Waals surface area contributed by atoms with Crippen LogP contribution in [0.5, 0.6) is 0 Å². The molecule has 0 radical (unpaired) electrons. The summed E-state index contributed by atoms with van der Waals surface area (Å²) in [5.74, 6) is -0.0124. The van der Waals surface area contributed by atoms with Crippen LogP contribution in [0, 0.1) is 0 Å². The Bertz CT molecular complexity index is 395. The van der Waals surface area contributed by atoms with E-state index in [9.17, 15) is 4.79 Å². The lowest BCUT2D eigenvalue weighted by atomic mass is 9.92. The van der Waals surface area contributed by atoms with Crippen molar-refractivity contribution in [3.8, 4) is 0 Å². The number of benzene rings is 1. The first-order valence-corrected chi connectivity index (χ1v) is 5.69. The van der Waals surface area contributed by atoms with Crippen molar-refractivity contribution in [3.63, 3.8) is 0 Å². The molecule has 2 N–H and O–H groups in total. The first-order valence-electron chi connectivity index (χ1n) is 5.69. The fraction of sp³-hybridized carbons (Fsp3) is 0.462. The van der Waals surface area contributed by atoms with Gasteiger partial charge in [0.2, 0.25) is 0 Å². The Kier molecular flexibility index (Phi) is 3.17. The molecule has 1 aromatic carbocycles. The van der Waals surface area contributed by atoms with Gasteiger partial charge in [-0.1, -0.05) is 30.3 Å². The molecular formula is C13H18N2O2. The van der Waals surface area contributed by atoms with Crippen LogP contribution in [0.4, 0.5) is 0 Å². The molecular weight excluding hydrogens is 216 g/mol. The van der Waals surface area contributed by atoms with Gasteiger partial charge in [-0.05, 0) is 12.5 Å². The van der Waals surface area contributed by atoms with Crippen molar-refractivity contribution in [2.24, 2.45) is 5.73 Å². The quantitative estimate of drug-likeness (QED) is 0.846. The minimum Gasteiger partial charge on any atom is -0.367 e. The van der Waals surface area contributed by atoms with Crippen molar-refractivity contribution in [2.75, 3.05) is 20.2 Å². The number of ether oxygens (including phenoxy) is 1. The maximum atomic E-state index is 12.2. The summed E-state index contributed by atoms with van der Waals surface area (Å²) in [6.07, 6.45) is -0.521. The third kappa shape index (κ3) is 2.48. The van der Waals surface area contributed by atoms with Crippen molar-refractivity contribution >= 4 is 5.91 Å². The second-order valence-electron chi connectivity index (χ2n) is 4.87. The maximum absolute atomic E-state index is 12.2. The molecule has 0 spiro atoms. The monoisotopic (exact) mass is 234 g/mol. The fourth-order valence-corrected chi connectivity index (χ4v) is 2.15. The number of hydrogen-bond acceptors (Lipinski definition) is 3. The van der Waals surface area contributed by atoms with Gasteiger partial charge in [0.25, 0.3) is 5.91 Å². The molecule has 1 aromatic rings. The molecule has 1 atom stereocenters. The van der Waals surface area contributed by atoms with Gasteiger partial charge >= 0.3 is 0 Å². The summed E-state index contributed by atoms with van der Waals surface area (Å²) in [4.78, 5) is 13.9. The van der Waals surface area contributed by atoms with Gasteiger partial charge in [0, 0.05) is 25.7 Å². The zero-order chi connectivity index (χ0) is 12.5. The Balaban J connectivity index is 2.07. The number of methoxy groups -OCH3 is 1. The van der Waals surface area contributed by atoms with Gasteiger partial charge in [-0.25, -0.2) is 0 Å². The summed E-state index contributed by atoms with van der Waals surface area (Å²) in [7, 11) is 1.55. The van der Waals surface area contributed by atoms with Crippen molar-refractivity contribution in [1.82, 2.24) is 4.90 Å². The number of nitrogens with zero attached hydrogens (tertiary/aromatic N) is 1. The van der Waals surface area contributed by atoms with Crippen LogP contribution in [-0.4, -0.2) is 36.5 Å². The average molecular weight is 234 g/mol. The molecule has 2 rings (SSSR count). The highest BCUT2D eigenvalue weighted by atomic mass is 16.5. The van der Waals surface area contributed by atoms with E-state index in [0.717, 1.165) is 5.56 Å². The maximum Gasteiger partial charge on any atom is 0.256 e. The number of rotatable bonds is 3. The van der Waals surface area contributed by atoms with E-state index in [0.29, 0.717) is 13.1 Å². The molecule has 92 valence electrons. The van der Waals surface area contributed by atoms with Crippen molar-refractivity contribution in [2.45, 2.75) is 18.6 Å². The molecule has 4 heteroatoms. The summed E-state index contributed by atoms with van der Waals surface area (Å²) in [6.45, 7) is 3.14. The molecule has 0 aromatic heterocycles. The highest BCUT2D eigenvalue weighted by Gasteiger charge is 2.40. The second-order valence-corrected chi connectivity index (χ2v) is 4.87. The topological polar surface area (TPSA) is 55.6 Å². The lowest BCUT2D eigenvalue weighted by molar-refractivity contribution is -0.149. The number of amides is 1. The highest BCUT2D eigenvalue weighted by Crippen LogP contribution is 2.25. The lowest BCUT2D eigenvalue weighted by Crippen LogP contribution is -2.67. The molecule has 1 unspecified atom stereocenters. The van der Waals surface area contributed by atoms with Gasteiger partial charge < -0.3 is 15.4 Å². The Labute approximate surface area is 101 Å². The van der Waals surface area contributed by atoms with E-state index in [4.69, 9.17) is 10.5 Å². The van der Waals surface area contributed by atoms with Crippen LogP contribution in [0.2, 0.25) is 0 Å². The van der Waals surface area contributed by atoms with Crippen LogP contribution in [-0.2, 0) is 9.53 Å². The van der Waals surface area contributed by atoms with Gasteiger partial charge in [0.05, 0.1) is 0 Å². The van der Waals surface area contributed by atoms with E-state index in [1.54, 1.807) is 12.0 Å². The minimum absolute atomic E-state index is 0.0124. The van der Waals surface area contributed by atoms with Gasteiger partial charge in [-0.3, -0.25) is 4.79 Å². The molecule has 1 aliphatic rings. The molecule has 1 fully saturated rings. The SMILES string of the molecule is COC(C(=O)N1CC(C)(N)C1)c1ccccc1. The zero-order valence-electron chi connectivity index (χ0n) is 10.2. The van der Waals surface area contributed by atoms with Crippen LogP contribution in [0.25, 0.3) is 0 Å². The molecule has 1 heterocycles. The minimum atomic E-state index is -0.521. The first-order chi connectivity index (χ1) is 8.03. The Morgan fingerprint density at radius 3 is 2.47 bits per heavy atom. The van der Waals surface area contributed by atoms with E-state index in [2.05, 4.69) is 0 Å². The molecule has 17 heavy (non-hydrogen) atoms. The Morgan fingerprint density at radius 2 is 2.00 bits per heavy atom. The van der Waals surface area contributed by atoms with E-state index in [1.165, 1.54) is 0 Å². The predicted molar refractivity (Wildman–Crippen MR) is 65.4 cm³/mol. The second kappa shape index (κ2) is 4.47. The summed E-state index contributed by atoms with van der Waals surface area (Å²) in [5, 5.41) is 0. The van der Waals surface area contributed by atoms with Crippen LogP contribution in [0.3, 0.4) is 0 Å². The number of likely N-dealkylation sites (tertiary alicyclic amines) is 1. The summed E-state index contributed by atoms with van der Waals surface area (Å²) < 4.78 is 5.29. The third-order valence-corrected chi connectivity index (χ3v) is 2.98. The number of carbonyl (C=O) groups excluding carboxylic acids is 1. The van der Waals surface area contributed by atoms with E-state index in [1.807, 2.05) is 37.3 Å². The smallest absolute Gasteiger partial charge is 0.256 e. The predicted octanol–water partition coefficient (Wildman–Crippen LogP) is 0.934. The third-order valence-electron chi connectivity index (χ3n) is 2.98. The average Bonchev–Trinajstić information content (AvgIpc) is 2.28. The molecule has 4 nitrogen and oxygen atoms in total. The highest BCUT2D eigenvalue weighted by molar-refractivity contribution is 5.83. The number of nitrogens with two attached hydrogens (primary N) is 1. The number of carbonyl (C=O) groups is 1. The standard InChI is InChI=1S/C13H18N2O2/c1-13(14)8-15(9-13)12(16)11(17-2)10-6-4-3-5-7-10/h3-7,11H,8-9,14H2,1-2H3. The summed E-state index contributed by atoms with van der Waals surface area (Å²) >= 11 is 0. The molecule has 0 saturated carbocycles. The van der Waals surface area contributed by atoms with Crippen molar-refractivity contribution in [1.29, 1.82) is 0 Å². The Morgan fingerprint density at radius 1 is 1.41 bits per heavy atom. The van der Waals surface area contributed by atoms with Crippen molar-refractivity contribution in [3.05, 3.63) is 35.9 Å². The molecule has 1 amide bonds. The lowest BCUT2D eigenvalue weighted by Gasteiger charge is -2.46. The van der Waals surface area contributed by atoms with E-state index < -0.39 is 6.10 Å². The van der Waals surface area contributed by atoms with Gasteiger partial charge in [0.15, 0.2) is 6.10 Å². The van der Waals surface area contributed by atoms with Crippen LogP contribution < -0.4 is 5.73 Å². The molecule has 0 aliphatic carbocycles. The molecule has 1 saturated heterocycles. The summed E-state index contributed by atoms with van der Waals surface area (Å²) in [6, 6.07) is 9.51. The van der Waals surface area contributed by atoms with E-state index >= 15 is 0 Å². The fourth-order valence-electron chi connectivity index (χ4n) is 2.15. The number of hydrogen-bond donors (Lipinski definition) is 1. The largest absolute Gasteiger partial charge is 0.367 e. The first kappa shape index (κ1) is 12.1. The van der Waals surface area contributed by atoms with Gasteiger partial charge in [0.1, 0.15) is 0 Å². The van der Waals surface area contributed by atoms with Crippen molar-refractivity contribution < 1.29 is 9.53 Å². The summed E-state index contributed by atoms with van der Waals surface area (Å²) in [5.41, 5.74) is 6.53. The molecule has 1 aliphatic heterocycles. The zero-order valence-corrected chi connectivity index (χ0v) is 10.2. The van der Waals surface area contributed by atoms with Crippen LogP contribution in [0.15, 0.2) is 30.3 Å². The Hall–Kier alpha value is -1.39. The van der Waals surface area contributed by atoms with Gasteiger partial charge in [-0.2, -0.15) is 0 Å².